The molecule has 0 aliphatic heterocycles. The van der Waals surface area contributed by atoms with Gasteiger partial charge in [0.1, 0.15) is 5.82 Å². The van der Waals surface area contributed by atoms with Gasteiger partial charge in [0, 0.05) is 11.7 Å². The standard InChI is InChI=1S/C12H17BrFN/c1-3-5-9(4-2)15-10-6-7-11(13)12(14)8-10/h6-9,15H,3-5H2,1-2H3. The van der Waals surface area contributed by atoms with Gasteiger partial charge in [0.05, 0.1) is 4.47 Å². The van der Waals surface area contributed by atoms with Crippen molar-refractivity contribution >= 4 is 21.6 Å². The number of hydrogen-bond donors (Lipinski definition) is 1. The molecule has 0 heterocycles. The van der Waals surface area contributed by atoms with Crippen LogP contribution in [0.2, 0.25) is 0 Å². The van der Waals surface area contributed by atoms with Gasteiger partial charge in [-0.05, 0) is 47.0 Å². The van der Waals surface area contributed by atoms with E-state index in [1.807, 2.05) is 6.07 Å². The van der Waals surface area contributed by atoms with Crippen LogP contribution in [0.1, 0.15) is 33.1 Å². The zero-order valence-corrected chi connectivity index (χ0v) is 10.8. The van der Waals surface area contributed by atoms with Crippen molar-refractivity contribution in [3.05, 3.63) is 28.5 Å². The molecule has 1 atom stereocenters. The van der Waals surface area contributed by atoms with E-state index in [9.17, 15) is 4.39 Å². The highest BCUT2D eigenvalue weighted by atomic mass is 79.9. The maximum atomic E-state index is 13.2. The van der Waals surface area contributed by atoms with Crippen LogP contribution in [0.4, 0.5) is 10.1 Å². The average molecular weight is 274 g/mol. The number of hydrogen-bond acceptors (Lipinski definition) is 1. The summed E-state index contributed by atoms with van der Waals surface area (Å²) in [4.78, 5) is 0. The van der Waals surface area contributed by atoms with Crippen molar-refractivity contribution in [3.8, 4) is 0 Å². The lowest BCUT2D eigenvalue weighted by Crippen LogP contribution is -2.17. The molecule has 1 aromatic carbocycles. The van der Waals surface area contributed by atoms with Gasteiger partial charge in [-0.2, -0.15) is 0 Å². The molecule has 84 valence electrons. The van der Waals surface area contributed by atoms with E-state index in [2.05, 4.69) is 35.1 Å². The zero-order valence-electron chi connectivity index (χ0n) is 9.19. The van der Waals surface area contributed by atoms with E-state index in [-0.39, 0.29) is 5.82 Å². The fourth-order valence-corrected chi connectivity index (χ4v) is 1.80. The molecular formula is C12H17BrFN. The van der Waals surface area contributed by atoms with Crippen molar-refractivity contribution < 1.29 is 4.39 Å². The van der Waals surface area contributed by atoms with E-state index < -0.39 is 0 Å². The van der Waals surface area contributed by atoms with Gasteiger partial charge in [0.15, 0.2) is 0 Å². The summed E-state index contributed by atoms with van der Waals surface area (Å²) < 4.78 is 13.7. The van der Waals surface area contributed by atoms with Gasteiger partial charge in [0.2, 0.25) is 0 Å². The summed E-state index contributed by atoms with van der Waals surface area (Å²) in [7, 11) is 0. The first-order valence-corrected chi connectivity index (χ1v) is 6.18. The van der Waals surface area contributed by atoms with Crippen molar-refractivity contribution in [2.24, 2.45) is 0 Å². The average Bonchev–Trinajstić information content (AvgIpc) is 2.23. The molecule has 0 bridgehead atoms. The van der Waals surface area contributed by atoms with E-state index in [1.165, 1.54) is 6.07 Å². The van der Waals surface area contributed by atoms with Crippen LogP contribution in [0.25, 0.3) is 0 Å². The van der Waals surface area contributed by atoms with E-state index in [4.69, 9.17) is 0 Å². The van der Waals surface area contributed by atoms with Gasteiger partial charge >= 0.3 is 0 Å². The molecule has 1 unspecified atom stereocenters. The van der Waals surface area contributed by atoms with Gasteiger partial charge in [-0.1, -0.05) is 20.3 Å². The first kappa shape index (κ1) is 12.5. The van der Waals surface area contributed by atoms with Crippen LogP contribution in [-0.2, 0) is 0 Å². The number of halogens is 2. The van der Waals surface area contributed by atoms with E-state index >= 15 is 0 Å². The predicted molar refractivity (Wildman–Crippen MR) is 66.7 cm³/mol. The Kier molecular flexibility index (Phi) is 5.09. The number of rotatable bonds is 5. The summed E-state index contributed by atoms with van der Waals surface area (Å²) in [5, 5.41) is 3.34. The van der Waals surface area contributed by atoms with Crippen LogP contribution < -0.4 is 5.32 Å². The van der Waals surface area contributed by atoms with E-state index in [0.717, 1.165) is 24.9 Å². The Morgan fingerprint density at radius 2 is 2.13 bits per heavy atom. The summed E-state index contributed by atoms with van der Waals surface area (Å²) in [6.07, 6.45) is 3.32. The molecule has 1 aromatic rings. The molecule has 1 nitrogen and oxygen atoms in total. The molecule has 1 rings (SSSR count). The monoisotopic (exact) mass is 273 g/mol. The van der Waals surface area contributed by atoms with E-state index in [0.29, 0.717) is 10.5 Å². The summed E-state index contributed by atoms with van der Waals surface area (Å²) in [5.74, 6) is -0.216. The fourth-order valence-electron chi connectivity index (χ4n) is 1.55. The van der Waals surface area contributed by atoms with E-state index in [1.54, 1.807) is 6.07 Å². The molecule has 0 saturated heterocycles. The summed E-state index contributed by atoms with van der Waals surface area (Å²) in [5.41, 5.74) is 0.857. The second kappa shape index (κ2) is 6.11. The van der Waals surface area contributed by atoms with Crippen molar-refractivity contribution in [1.82, 2.24) is 0 Å². The Balaban J connectivity index is 2.66. The number of anilines is 1. The molecule has 0 fully saturated rings. The van der Waals surface area contributed by atoms with Gasteiger partial charge in [-0.3, -0.25) is 0 Å². The Morgan fingerprint density at radius 3 is 2.67 bits per heavy atom. The highest BCUT2D eigenvalue weighted by molar-refractivity contribution is 9.10. The normalized spacial score (nSPS) is 12.5. The minimum Gasteiger partial charge on any atom is -0.382 e. The second-order valence-electron chi connectivity index (χ2n) is 3.67. The third-order valence-electron chi connectivity index (χ3n) is 2.42. The number of nitrogens with one attached hydrogen (secondary N) is 1. The Labute approximate surface area is 99.2 Å². The lowest BCUT2D eigenvalue weighted by molar-refractivity contribution is 0.612. The molecule has 0 aliphatic carbocycles. The molecule has 15 heavy (non-hydrogen) atoms. The van der Waals surface area contributed by atoms with Crippen molar-refractivity contribution in [2.75, 3.05) is 5.32 Å². The molecule has 0 radical (unpaired) electrons. The number of benzene rings is 1. The molecule has 0 saturated carbocycles. The smallest absolute Gasteiger partial charge is 0.139 e. The van der Waals surface area contributed by atoms with Crippen LogP contribution >= 0.6 is 15.9 Å². The second-order valence-corrected chi connectivity index (χ2v) is 4.52. The third kappa shape index (κ3) is 3.82. The molecule has 0 spiro atoms. The highest BCUT2D eigenvalue weighted by Gasteiger charge is 2.06. The van der Waals surface area contributed by atoms with Gasteiger partial charge in [0.25, 0.3) is 0 Å². The minimum absolute atomic E-state index is 0.216. The summed E-state index contributed by atoms with van der Waals surface area (Å²) in [6.45, 7) is 4.30. The molecular weight excluding hydrogens is 257 g/mol. The summed E-state index contributed by atoms with van der Waals surface area (Å²) >= 11 is 3.14. The lowest BCUT2D eigenvalue weighted by atomic mass is 10.1. The van der Waals surface area contributed by atoms with Crippen molar-refractivity contribution in [2.45, 2.75) is 39.2 Å². The van der Waals surface area contributed by atoms with Crippen molar-refractivity contribution in [1.29, 1.82) is 0 Å². The van der Waals surface area contributed by atoms with Gasteiger partial charge in [-0.25, -0.2) is 4.39 Å². The third-order valence-corrected chi connectivity index (χ3v) is 3.06. The molecule has 0 aliphatic rings. The van der Waals surface area contributed by atoms with Crippen LogP contribution in [0, 0.1) is 5.82 Å². The largest absolute Gasteiger partial charge is 0.382 e. The highest BCUT2D eigenvalue weighted by Crippen LogP contribution is 2.20. The Hall–Kier alpha value is -0.570. The molecule has 0 aromatic heterocycles. The molecule has 1 N–H and O–H groups in total. The Bertz CT molecular complexity index is 314. The van der Waals surface area contributed by atoms with Crippen LogP contribution in [-0.4, -0.2) is 6.04 Å². The van der Waals surface area contributed by atoms with Crippen LogP contribution in [0.15, 0.2) is 22.7 Å². The maximum absolute atomic E-state index is 13.2. The fraction of sp³-hybridized carbons (Fsp3) is 0.500. The minimum atomic E-state index is -0.216. The Morgan fingerprint density at radius 1 is 1.40 bits per heavy atom. The molecule has 0 amide bonds. The first-order chi connectivity index (χ1) is 7.17. The zero-order chi connectivity index (χ0) is 11.3. The van der Waals surface area contributed by atoms with Crippen LogP contribution in [0.3, 0.4) is 0 Å². The maximum Gasteiger partial charge on any atom is 0.139 e. The van der Waals surface area contributed by atoms with Crippen LogP contribution in [0.5, 0.6) is 0 Å². The molecule has 3 heteroatoms. The lowest BCUT2D eigenvalue weighted by Gasteiger charge is -2.17. The quantitative estimate of drug-likeness (QED) is 0.828. The predicted octanol–water partition coefficient (Wildman–Crippen LogP) is 4.58. The first-order valence-electron chi connectivity index (χ1n) is 5.39. The SMILES string of the molecule is CCCC(CC)Nc1ccc(Br)c(F)c1. The van der Waals surface area contributed by atoms with Gasteiger partial charge < -0.3 is 5.32 Å². The van der Waals surface area contributed by atoms with Crippen molar-refractivity contribution in [3.63, 3.8) is 0 Å². The van der Waals surface area contributed by atoms with Gasteiger partial charge in [-0.15, -0.1) is 0 Å². The topological polar surface area (TPSA) is 12.0 Å². The summed E-state index contributed by atoms with van der Waals surface area (Å²) in [6, 6.07) is 5.60.